The van der Waals surface area contributed by atoms with Crippen LogP contribution in [-0.4, -0.2) is 5.92 Å². The standard InChI is InChI=1S/C14H13F2N/c1-9-6-7-12(13(17)8-14(13,15)16)11-5-3-2-4-10(9)11/h2-7H,8,17H2,1H3. The number of fused-ring (bicyclic) bond motifs is 1. The van der Waals surface area contributed by atoms with E-state index in [4.69, 9.17) is 5.73 Å². The Hall–Kier alpha value is -1.48. The van der Waals surface area contributed by atoms with Crippen LogP contribution in [-0.2, 0) is 5.54 Å². The lowest BCUT2D eigenvalue weighted by Crippen LogP contribution is -2.27. The van der Waals surface area contributed by atoms with Crippen molar-refractivity contribution in [2.75, 3.05) is 0 Å². The van der Waals surface area contributed by atoms with Gasteiger partial charge in [0.05, 0.1) is 0 Å². The molecule has 3 heteroatoms. The van der Waals surface area contributed by atoms with Gasteiger partial charge in [-0.1, -0.05) is 36.4 Å². The third kappa shape index (κ3) is 1.32. The predicted octanol–water partition coefficient (Wildman–Crippen LogP) is 3.34. The molecule has 1 unspecified atom stereocenters. The highest BCUT2D eigenvalue weighted by molar-refractivity contribution is 5.90. The van der Waals surface area contributed by atoms with Crippen LogP contribution in [0.3, 0.4) is 0 Å². The predicted molar refractivity (Wildman–Crippen MR) is 64.1 cm³/mol. The Balaban J connectivity index is 2.29. The van der Waals surface area contributed by atoms with Gasteiger partial charge in [0.1, 0.15) is 5.54 Å². The van der Waals surface area contributed by atoms with E-state index < -0.39 is 11.5 Å². The number of benzene rings is 2. The molecule has 1 aliphatic rings. The van der Waals surface area contributed by atoms with Crippen LogP contribution in [0.5, 0.6) is 0 Å². The number of hydrogen-bond donors (Lipinski definition) is 1. The monoisotopic (exact) mass is 233 g/mol. The third-order valence-electron chi connectivity index (χ3n) is 3.65. The quantitative estimate of drug-likeness (QED) is 0.803. The van der Waals surface area contributed by atoms with Gasteiger partial charge in [0.15, 0.2) is 0 Å². The van der Waals surface area contributed by atoms with E-state index in [9.17, 15) is 8.78 Å². The van der Waals surface area contributed by atoms with E-state index in [-0.39, 0.29) is 6.42 Å². The molecule has 1 fully saturated rings. The molecule has 2 aromatic carbocycles. The minimum Gasteiger partial charge on any atom is -0.316 e. The van der Waals surface area contributed by atoms with Gasteiger partial charge < -0.3 is 5.73 Å². The second kappa shape index (κ2) is 3.05. The van der Waals surface area contributed by atoms with E-state index >= 15 is 0 Å². The zero-order chi connectivity index (χ0) is 12.3. The van der Waals surface area contributed by atoms with Crippen LogP contribution in [0.2, 0.25) is 0 Å². The Morgan fingerprint density at radius 1 is 1.06 bits per heavy atom. The third-order valence-corrected chi connectivity index (χ3v) is 3.65. The highest BCUT2D eigenvalue weighted by Crippen LogP contribution is 2.58. The molecular formula is C14H13F2N. The number of rotatable bonds is 1. The lowest BCUT2D eigenvalue weighted by atomic mass is 9.94. The van der Waals surface area contributed by atoms with Crippen LogP contribution in [0.25, 0.3) is 10.8 Å². The number of halogens is 2. The van der Waals surface area contributed by atoms with Gasteiger partial charge in [-0.25, -0.2) is 8.78 Å². The van der Waals surface area contributed by atoms with Gasteiger partial charge in [0.25, 0.3) is 5.92 Å². The summed E-state index contributed by atoms with van der Waals surface area (Å²) in [6.07, 6.45) is -0.257. The first-order valence-electron chi connectivity index (χ1n) is 5.61. The normalized spacial score (nSPS) is 26.1. The molecule has 1 aliphatic carbocycles. The highest BCUT2D eigenvalue weighted by Gasteiger charge is 2.70. The van der Waals surface area contributed by atoms with Crippen LogP contribution in [0.4, 0.5) is 8.78 Å². The first kappa shape index (κ1) is 10.7. The van der Waals surface area contributed by atoms with Crippen molar-refractivity contribution in [1.29, 1.82) is 0 Å². The van der Waals surface area contributed by atoms with E-state index in [1.807, 2.05) is 37.3 Å². The fourth-order valence-corrected chi connectivity index (χ4v) is 2.44. The van der Waals surface area contributed by atoms with Gasteiger partial charge in [0.2, 0.25) is 0 Å². The molecular weight excluding hydrogens is 220 g/mol. The largest absolute Gasteiger partial charge is 0.316 e. The Bertz CT molecular complexity index is 606. The van der Waals surface area contributed by atoms with Gasteiger partial charge in [0, 0.05) is 6.42 Å². The fourth-order valence-electron chi connectivity index (χ4n) is 2.44. The van der Waals surface area contributed by atoms with Crippen molar-refractivity contribution < 1.29 is 8.78 Å². The molecule has 0 amide bonds. The molecule has 1 atom stereocenters. The Kier molecular flexibility index (Phi) is 1.91. The average Bonchev–Trinajstić information content (AvgIpc) is 2.80. The second-order valence-corrected chi connectivity index (χ2v) is 4.83. The van der Waals surface area contributed by atoms with Gasteiger partial charge in [-0.15, -0.1) is 0 Å². The van der Waals surface area contributed by atoms with E-state index in [2.05, 4.69) is 0 Å². The summed E-state index contributed by atoms with van der Waals surface area (Å²) in [6.45, 7) is 1.97. The van der Waals surface area contributed by atoms with E-state index in [0.717, 1.165) is 16.3 Å². The van der Waals surface area contributed by atoms with Crippen LogP contribution in [0.1, 0.15) is 17.5 Å². The topological polar surface area (TPSA) is 26.0 Å². The van der Waals surface area contributed by atoms with E-state index in [0.29, 0.717) is 5.56 Å². The lowest BCUT2D eigenvalue weighted by molar-refractivity contribution is 0.0894. The molecule has 0 radical (unpaired) electrons. The molecule has 3 rings (SSSR count). The van der Waals surface area contributed by atoms with E-state index in [1.165, 1.54) is 0 Å². The van der Waals surface area contributed by atoms with Crippen molar-refractivity contribution in [1.82, 2.24) is 0 Å². The minimum atomic E-state index is -2.77. The molecule has 0 bridgehead atoms. The molecule has 17 heavy (non-hydrogen) atoms. The highest BCUT2D eigenvalue weighted by atomic mass is 19.3. The molecule has 0 heterocycles. The summed E-state index contributed by atoms with van der Waals surface area (Å²) < 4.78 is 26.7. The number of aryl methyl sites for hydroxylation is 1. The summed E-state index contributed by atoms with van der Waals surface area (Å²) in [5.74, 6) is -2.77. The Morgan fingerprint density at radius 2 is 1.65 bits per heavy atom. The zero-order valence-electron chi connectivity index (χ0n) is 9.50. The van der Waals surface area contributed by atoms with Crippen molar-refractivity contribution >= 4 is 10.8 Å². The molecule has 0 saturated heterocycles. The summed E-state index contributed by atoms with van der Waals surface area (Å²) in [6, 6.07) is 11.2. The van der Waals surface area contributed by atoms with Gasteiger partial charge in [-0.2, -0.15) is 0 Å². The molecule has 1 nitrogen and oxygen atoms in total. The minimum absolute atomic E-state index is 0.257. The number of alkyl halides is 2. The smallest absolute Gasteiger partial charge is 0.272 e. The second-order valence-electron chi connectivity index (χ2n) is 4.83. The number of hydrogen-bond acceptors (Lipinski definition) is 1. The average molecular weight is 233 g/mol. The fraction of sp³-hybridized carbons (Fsp3) is 0.286. The zero-order valence-corrected chi connectivity index (χ0v) is 9.50. The van der Waals surface area contributed by atoms with Crippen LogP contribution < -0.4 is 5.73 Å². The summed E-state index contributed by atoms with van der Waals surface area (Å²) in [4.78, 5) is 0. The maximum Gasteiger partial charge on any atom is 0.272 e. The van der Waals surface area contributed by atoms with Crippen molar-refractivity contribution in [2.24, 2.45) is 5.73 Å². The summed E-state index contributed by atoms with van der Waals surface area (Å²) in [7, 11) is 0. The maximum absolute atomic E-state index is 13.4. The summed E-state index contributed by atoms with van der Waals surface area (Å²) in [5, 5.41) is 1.84. The van der Waals surface area contributed by atoms with Crippen molar-refractivity contribution in [3.8, 4) is 0 Å². The SMILES string of the molecule is Cc1ccc(C2(N)CC2(F)F)c2ccccc12. The van der Waals surface area contributed by atoms with Crippen LogP contribution in [0, 0.1) is 6.92 Å². The first-order valence-corrected chi connectivity index (χ1v) is 5.61. The first-order chi connectivity index (χ1) is 7.96. The van der Waals surface area contributed by atoms with Gasteiger partial charge in [-0.3, -0.25) is 0 Å². The van der Waals surface area contributed by atoms with Gasteiger partial charge >= 0.3 is 0 Å². The molecule has 2 aromatic rings. The number of nitrogens with two attached hydrogens (primary N) is 1. The molecule has 0 aromatic heterocycles. The molecule has 0 aliphatic heterocycles. The van der Waals surface area contributed by atoms with Gasteiger partial charge in [-0.05, 0) is 28.8 Å². The molecule has 1 saturated carbocycles. The van der Waals surface area contributed by atoms with Crippen molar-refractivity contribution in [2.45, 2.75) is 24.8 Å². The molecule has 88 valence electrons. The van der Waals surface area contributed by atoms with E-state index in [1.54, 1.807) is 6.07 Å². The summed E-state index contributed by atoms with van der Waals surface area (Å²) >= 11 is 0. The molecule has 0 spiro atoms. The molecule has 2 N–H and O–H groups in total. The van der Waals surface area contributed by atoms with Crippen molar-refractivity contribution in [3.63, 3.8) is 0 Å². The van der Waals surface area contributed by atoms with Crippen molar-refractivity contribution in [3.05, 3.63) is 47.5 Å². The Labute approximate surface area is 98.2 Å². The van der Waals surface area contributed by atoms with Crippen LogP contribution in [0.15, 0.2) is 36.4 Å². The summed E-state index contributed by atoms with van der Waals surface area (Å²) in [5.41, 5.74) is 5.98. The van der Waals surface area contributed by atoms with Crippen LogP contribution >= 0.6 is 0 Å². The Morgan fingerprint density at radius 3 is 2.24 bits per heavy atom. The maximum atomic E-state index is 13.4. The lowest BCUT2D eigenvalue weighted by Gasteiger charge is -2.15.